The van der Waals surface area contributed by atoms with E-state index in [1.54, 1.807) is 0 Å². The second-order valence-corrected chi connectivity index (χ2v) is 15.9. The highest BCUT2D eigenvalue weighted by Gasteiger charge is 2.20. The molecule has 294 valence electrons. The Morgan fingerprint density at radius 3 is 1.57 bits per heavy atom. The number of hydrogen-bond acceptors (Lipinski definition) is 4. The van der Waals surface area contributed by atoms with Crippen molar-refractivity contribution < 1.29 is 4.42 Å². The first kappa shape index (κ1) is 36.4. The van der Waals surface area contributed by atoms with Crippen LogP contribution in [-0.4, -0.2) is 15.0 Å². The largest absolute Gasteiger partial charge is 0.455 e. The molecule has 0 bridgehead atoms. The lowest BCUT2D eigenvalue weighted by Gasteiger charge is -2.14. The normalized spacial score (nSPS) is 11.5. The molecule has 0 unspecified atom stereocenters. The zero-order chi connectivity index (χ0) is 41.7. The first-order valence-corrected chi connectivity index (χ1v) is 21.3. The zero-order valence-corrected chi connectivity index (χ0v) is 34.1. The predicted octanol–water partition coefficient (Wildman–Crippen LogP) is 15.7. The summed E-state index contributed by atoms with van der Waals surface area (Å²) in [6, 6.07) is 78.7. The Morgan fingerprint density at radius 1 is 0.270 bits per heavy atom. The van der Waals surface area contributed by atoms with Crippen LogP contribution in [0, 0.1) is 0 Å². The van der Waals surface area contributed by atoms with Crippen molar-refractivity contribution in [3.05, 3.63) is 224 Å². The van der Waals surface area contributed by atoms with Gasteiger partial charge in [0, 0.05) is 33.0 Å². The standard InChI is InChI=1S/C59H37N3O/c1-3-14-38(15-4-1)44-20-11-21-46(37-44)47-24-12-26-53-55-51(25-13-27-54(55)63-56(47)53)50-34-35-52(49-23-10-9-22-48(49)50)59-61-57(41-17-5-2-6-18-41)60-58(62-59)42-31-28-40(29-32-42)45-33-30-39-16-7-8-19-43(39)36-45/h1-37H. The molecule has 0 atom stereocenters. The lowest BCUT2D eigenvalue weighted by Crippen LogP contribution is -2.00. The van der Waals surface area contributed by atoms with Crippen molar-refractivity contribution in [1.82, 2.24) is 15.0 Å². The van der Waals surface area contributed by atoms with Crippen LogP contribution >= 0.6 is 0 Å². The molecule has 0 saturated heterocycles. The fourth-order valence-corrected chi connectivity index (χ4v) is 9.05. The minimum absolute atomic E-state index is 0.620. The molecule has 0 aliphatic heterocycles. The van der Waals surface area contributed by atoms with Crippen LogP contribution in [0.3, 0.4) is 0 Å². The third-order valence-electron chi connectivity index (χ3n) is 12.2. The average molecular weight is 804 g/mol. The smallest absolute Gasteiger partial charge is 0.164 e. The van der Waals surface area contributed by atoms with E-state index < -0.39 is 0 Å². The predicted molar refractivity (Wildman–Crippen MR) is 260 cm³/mol. The maximum atomic E-state index is 6.78. The van der Waals surface area contributed by atoms with E-state index in [1.807, 2.05) is 30.3 Å². The van der Waals surface area contributed by atoms with E-state index in [9.17, 15) is 0 Å². The molecule has 0 N–H and O–H groups in total. The van der Waals surface area contributed by atoms with Gasteiger partial charge in [-0.2, -0.15) is 0 Å². The third-order valence-corrected chi connectivity index (χ3v) is 12.2. The van der Waals surface area contributed by atoms with Gasteiger partial charge in [0.25, 0.3) is 0 Å². The Morgan fingerprint density at radius 2 is 0.778 bits per heavy atom. The highest BCUT2D eigenvalue weighted by atomic mass is 16.3. The number of hydrogen-bond donors (Lipinski definition) is 0. The molecule has 2 aromatic heterocycles. The van der Waals surface area contributed by atoms with Crippen molar-refractivity contribution in [3.63, 3.8) is 0 Å². The van der Waals surface area contributed by atoms with E-state index in [0.717, 1.165) is 77.2 Å². The summed E-state index contributed by atoms with van der Waals surface area (Å²) in [5, 5.41) is 6.78. The van der Waals surface area contributed by atoms with Gasteiger partial charge in [-0.3, -0.25) is 0 Å². The second-order valence-electron chi connectivity index (χ2n) is 15.9. The molecule has 0 amide bonds. The van der Waals surface area contributed by atoms with Gasteiger partial charge in [-0.05, 0) is 84.8 Å². The quantitative estimate of drug-likeness (QED) is 0.161. The molecule has 10 aromatic carbocycles. The average Bonchev–Trinajstić information content (AvgIpc) is 3.76. The van der Waals surface area contributed by atoms with Gasteiger partial charge in [-0.1, -0.05) is 200 Å². The maximum Gasteiger partial charge on any atom is 0.164 e. The van der Waals surface area contributed by atoms with Crippen LogP contribution in [0.1, 0.15) is 0 Å². The van der Waals surface area contributed by atoms with E-state index >= 15 is 0 Å². The third kappa shape index (κ3) is 6.53. The highest BCUT2D eigenvalue weighted by molar-refractivity contribution is 6.18. The van der Waals surface area contributed by atoms with E-state index in [4.69, 9.17) is 19.4 Å². The molecule has 0 aliphatic carbocycles. The van der Waals surface area contributed by atoms with Crippen molar-refractivity contribution in [3.8, 4) is 78.7 Å². The van der Waals surface area contributed by atoms with Crippen molar-refractivity contribution in [2.45, 2.75) is 0 Å². The Labute approximate surface area is 364 Å². The zero-order valence-electron chi connectivity index (χ0n) is 34.1. The molecule has 0 spiro atoms. The molecule has 12 rings (SSSR count). The molecule has 0 saturated carbocycles. The molecule has 0 radical (unpaired) electrons. The number of nitrogens with zero attached hydrogens (tertiary/aromatic N) is 3. The number of benzene rings is 10. The van der Waals surface area contributed by atoms with Crippen LogP contribution in [0.25, 0.3) is 122 Å². The van der Waals surface area contributed by atoms with Gasteiger partial charge in [0.15, 0.2) is 17.5 Å². The topological polar surface area (TPSA) is 51.8 Å². The summed E-state index contributed by atoms with van der Waals surface area (Å²) in [7, 11) is 0. The molecular weight excluding hydrogens is 767 g/mol. The number of fused-ring (bicyclic) bond motifs is 5. The van der Waals surface area contributed by atoms with Gasteiger partial charge in [-0.25, -0.2) is 15.0 Å². The molecule has 4 nitrogen and oxygen atoms in total. The summed E-state index contributed by atoms with van der Waals surface area (Å²) in [4.78, 5) is 15.4. The van der Waals surface area contributed by atoms with Gasteiger partial charge in [0.05, 0.1) is 0 Å². The van der Waals surface area contributed by atoms with Crippen LogP contribution in [-0.2, 0) is 0 Å². The van der Waals surface area contributed by atoms with Crippen LogP contribution < -0.4 is 0 Å². The van der Waals surface area contributed by atoms with Crippen molar-refractivity contribution in [2.24, 2.45) is 0 Å². The molecule has 4 heteroatoms. The van der Waals surface area contributed by atoms with Crippen molar-refractivity contribution >= 4 is 43.5 Å². The van der Waals surface area contributed by atoms with Crippen molar-refractivity contribution in [1.29, 1.82) is 0 Å². The van der Waals surface area contributed by atoms with Crippen LogP contribution in [0.5, 0.6) is 0 Å². The highest BCUT2D eigenvalue weighted by Crippen LogP contribution is 2.44. The Balaban J connectivity index is 0.975. The summed E-state index contributed by atoms with van der Waals surface area (Å²) in [6.07, 6.45) is 0. The van der Waals surface area contributed by atoms with E-state index in [1.165, 1.54) is 27.5 Å². The van der Waals surface area contributed by atoms with Gasteiger partial charge >= 0.3 is 0 Å². The number of furan rings is 1. The second kappa shape index (κ2) is 15.2. The minimum Gasteiger partial charge on any atom is -0.455 e. The molecule has 63 heavy (non-hydrogen) atoms. The Hall–Kier alpha value is -8.47. The first-order valence-electron chi connectivity index (χ1n) is 21.3. The Kier molecular flexibility index (Phi) is 8.79. The van der Waals surface area contributed by atoms with Gasteiger partial charge in [0.1, 0.15) is 11.2 Å². The molecule has 0 aliphatic rings. The minimum atomic E-state index is 0.620. The maximum absolute atomic E-state index is 6.78. The lowest BCUT2D eigenvalue weighted by molar-refractivity contribution is 0.670. The fourth-order valence-electron chi connectivity index (χ4n) is 9.05. The van der Waals surface area contributed by atoms with Crippen LogP contribution in [0.2, 0.25) is 0 Å². The number of para-hydroxylation sites is 1. The molecular formula is C59H37N3O. The van der Waals surface area contributed by atoms with Crippen LogP contribution in [0.15, 0.2) is 229 Å². The SMILES string of the molecule is c1ccc(-c2cccc(-c3cccc4c3oc3cccc(-c5ccc(-c6nc(-c7ccccc7)nc(-c7ccc(-c8ccc9ccccc9c8)cc7)n6)c6ccccc56)c34)c2)cc1. The van der Waals surface area contributed by atoms with E-state index in [2.05, 4.69) is 194 Å². The summed E-state index contributed by atoms with van der Waals surface area (Å²) >= 11 is 0. The van der Waals surface area contributed by atoms with Gasteiger partial charge < -0.3 is 4.42 Å². The van der Waals surface area contributed by atoms with Gasteiger partial charge in [-0.15, -0.1) is 0 Å². The van der Waals surface area contributed by atoms with Crippen molar-refractivity contribution in [2.75, 3.05) is 0 Å². The summed E-state index contributed by atoms with van der Waals surface area (Å²) < 4.78 is 6.78. The van der Waals surface area contributed by atoms with Gasteiger partial charge in [0.2, 0.25) is 0 Å². The van der Waals surface area contributed by atoms with E-state index in [0.29, 0.717) is 17.5 Å². The summed E-state index contributed by atoms with van der Waals surface area (Å²) in [5.41, 5.74) is 13.6. The Bertz CT molecular complexity index is 3670. The lowest BCUT2D eigenvalue weighted by atomic mass is 9.91. The van der Waals surface area contributed by atoms with Crippen LogP contribution in [0.4, 0.5) is 0 Å². The number of rotatable bonds is 7. The molecule has 2 heterocycles. The van der Waals surface area contributed by atoms with E-state index in [-0.39, 0.29) is 0 Å². The fraction of sp³-hybridized carbons (Fsp3) is 0. The first-order chi connectivity index (χ1) is 31.2. The monoisotopic (exact) mass is 803 g/mol. The molecule has 12 aromatic rings. The summed E-state index contributed by atoms with van der Waals surface area (Å²) in [5.74, 6) is 1.87. The molecule has 0 fully saturated rings. The summed E-state index contributed by atoms with van der Waals surface area (Å²) in [6.45, 7) is 0. The number of aromatic nitrogens is 3.